The van der Waals surface area contributed by atoms with E-state index in [2.05, 4.69) is 10.5 Å². The molecule has 0 aliphatic carbocycles. The van der Waals surface area contributed by atoms with Crippen molar-refractivity contribution < 1.29 is 22.1 Å². The van der Waals surface area contributed by atoms with Crippen LogP contribution in [0.3, 0.4) is 0 Å². The lowest BCUT2D eigenvalue weighted by Crippen LogP contribution is -2.27. The molecular formula is C17H16F2N4O4S. The lowest BCUT2D eigenvalue weighted by Gasteiger charge is -2.15. The van der Waals surface area contributed by atoms with Crippen molar-refractivity contribution in [3.63, 3.8) is 0 Å². The third kappa shape index (κ3) is 4.15. The van der Waals surface area contributed by atoms with Crippen molar-refractivity contribution >= 4 is 27.6 Å². The van der Waals surface area contributed by atoms with Gasteiger partial charge in [0.25, 0.3) is 5.69 Å². The van der Waals surface area contributed by atoms with Gasteiger partial charge in [0.1, 0.15) is 17.3 Å². The molecule has 0 atom stereocenters. The lowest BCUT2D eigenvalue weighted by molar-refractivity contribution is -0.384. The third-order valence-corrected chi connectivity index (χ3v) is 6.11. The van der Waals surface area contributed by atoms with E-state index in [1.165, 1.54) is 16.4 Å². The Hall–Kier alpha value is -2.92. The predicted octanol–water partition coefficient (Wildman–Crippen LogP) is 3.10. The number of nitro benzene ring substituents is 1. The summed E-state index contributed by atoms with van der Waals surface area (Å²) in [5.41, 5.74) is 1.81. The fraction of sp³-hybridized carbons (Fsp3) is 0.235. The molecule has 0 aromatic heterocycles. The number of nitrogens with one attached hydrogen (secondary N) is 1. The number of benzene rings is 2. The van der Waals surface area contributed by atoms with Crippen molar-refractivity contribution in [1.82, 2.24) is 4.31 Å². The number of anilines is 1. The standard InChI is InChI=1S/C17H16F2N4O4S/c18-13-4-3-12(15(19)9-13)11-20-21-16-6-5-14(10-17(16)23(24)25)28(26,27)22-7-1-2-8-22/h3-6,9-11,21H,1-2,7-8H2/b20-11-. The van der Waals surface area contributed by atoms with E-state index in [4.69, 9.17) is 0 Å². The first kappa shape index (κ1) is 19.8. The molecule has 28 heavy (non-hydrogen) atoms. The van der Waals surface area contributed by atoms with Gasteiger partial charge in [-0.2, -0.15) is 9.41 Å². The number of nitrogens with zero attached hydrogens (tertiary/aromatic N) is 3. The molecular weight excluding hydrogens is 394 g/mol. The number of hydrazone groups is 1. The first-order valence-corrected chi connectivity index (χ1v) is 9.76. The summed E-state index contributed by atoms with van der Waals surface area (Å²) in [5, 5.41) is 15.1. The molecule has 3 rings (SSSR count). The summed E-state index contributed by atoms with van der Waals surface area (Å²) in [6.45, 7) is 0.757. The molecule has 0 unspecified atom stereocenters. The predicted molar refractivity (Wildman–Crippen MR) is 98.7 cm³/mol. The Kier molecular flexibility index (Phi) is 5.66. The summed E-state index contributed by atoms with van der Waals surface area (Å²) >= 11 is 0. The Morgan fingerprint density at radius 1 is 1.14 bits per heavy atom. The minimum Gasteiger partial charge on any atom is -0.272 e. The summed E-state index contributed by atoms with van der Waals surface area (Å²) in [7, 11) is -3.81. The summed E-state index contributed by atoms with van der Waals surface area (Å²) in [5.74, 6) is -1.58. The van der Waals surface area contributed by atoms with Crippen LogP contribution in [0.2, 0.25) is 0 Å². The second kappa shape index (κ2) is 7.98. The van der Waals surface area contributed by atoms with Gasteiger partial charge in [-0.1, -0.05) is 0 Å². The topological polar surface area (TPSA) is 105 Å². The number of nitro groups is 1. The first-order chi connectivity index (χ1) is 13.3. The van der Waals surface area contributed by atoms with Crippen LogP contribution in [0.1, 0.15) is 18.4 Å². The van der Waals surface area contributed by atoms with Gasteiger partial charge in [-0.25, -0.2) is 17.2 Å². The van der Waals surface area contributed by atoms with E-state index in [1.807, 2.05) is 0 Å². The largest absolute Gasteiger partial charge is 0.295 e. The molecule has 1 fully saturated rings. The number of hydrogen-bond acceptors (Lipinski definition) is 6. The Labute approximate surface area is 159 Å². The molecule has 148 valence electrons. The molecule has 0 spiro atoms. The molecule has 0 saturated carbocycles. The van der Waals surface area contributed by atoms with Gasteiger partial charge in [-0.15, -0.1) is 0 Å². The highest BCUT2D eigenvalue weighted by molar-refractivity contribution is 7.89. The zero-order valence-corrected chi connectivity index (χ0v) is 15.3. The van der Waals surface area contributed by atoms with Crippen molar-refractivity contribution in [3.05, 3.63) is 63.7 Å². The molecule has 0 radical (unpaired) electrons. The van der Waals surface area contributed by atoms with Crippen LogP contribution in [-0.4, -0.2) is 37.0 Å². The number of halogens is 2. The molecule has 11 heteroatoms. The normalized spacial score (nSPS) is 15.2. The van der Waals surface area contributed by atoms with E-state index in [0.29, 0.717) is 19.2 Å². The fourth-order valence-corrected chi connectivity index (χ4v) is 4.31. The Morgan fingerprint density at radius 3 is 2.50 bits per heavy atom. The molecule has 8 nitrogen and oxygen atoms in total. The lowest BCUT2D eigenvalue weighted by atomic mass is 10.2. The first-order valence-electron chi connectivity index (χ1n) is 8.32. The Morgan fingerprint density at radius 2 is 1.86 bits per heavy atom. The highest BCUT2D eigenvalue weighted by atomic mass is 32.2. The minimum atomic E-state index is -3.81. The molecule has 2 aromatic carbocycles. The van der Waals surface area contributed by atoms with Gasteiger partial charge in [0.15, 0.2) is 0 Å². The van der Waals surface area contributed by atoms with E-state index in [0.717, 1.165) is 37.3 Å². The van der Waals surface area contributed by atoms with Crippen LogP contribution in [-0.2, 0) is 10.0 Å². The Balaban J connectivity index is 1.85. The van der Waals surface area contributed by atoms with Gasteiger partial charge in [-0.3, -0.25) is 15.5 Å². The summed E-state index contributed by atoms with van der Waals surface area (Å²) in [6, 6.07) is 6.32. The van der Waals surface area contributed by atoms with E-state index < -0.39 is 32.3 Å². The van der Waals surface area contributed by atoms with E-state index >= 15 is 0 Å². The SMILES string of the molecule is O=[N+]([O-])c1cc(S(=O)(=O)N2CCCC2)ccc1N/N=C\c1ccc(F)cc1F. The van der Waals surface area contributed by atoms with E-state index in [-0.39, 0.29) is 16.1 Å². The molecule has 0 bridgehead atoms. The monoisotopic (exact) mass is 410 g/mol. The van der Waals surface area contributed by atoms with Crippen molar-refractivity contribution in [2.45, 2.75) is 17.7 Å². The van der Waals surface area contributed by atoms with E-state index in [9.17, 15) is 27.3 Å². The third-order valence-electron chi connectivity index (χ3n) is 4.22. The second-order valence-corrected chi connectivity index (χ2v) is 8.02. The van der Waals surface area contributed by atoms with Gasteiger partial charge in [0.05, 0.1) is 16.0 Å². The molecule has 1 aliphatic rings. The van der Waals surface area contributed by atoms with Crippen molar-refractivity contribution in [1.29, 1.82) is 0 Å². The van der Waals surface area contributed by atoms with Crippen LogP contribution in [0.5, 0.6) is 0 Å². The van der Waals surface area contributed by atoms with Gasteiger partial charge < -0.3 is 0 Å². The van der Waals surface area contributed by atoms with Gasteiger partial charge >= 0.3 is 0 Å². The van der Waals surface area contributed by atoms with Crippen LogP contribution in [0, 0.1) is 21.7 Å². The van der Waals surface area contributed by atoms with Crippen LogP contribution in [0.15, 0.2) is 46.4 Å². The summed E-state index contributed by atoms with van der Waals surface area (Å²) in [4.78, 5) is 10.4. The van der Waals surface area contributed by atoms with Crippen LogP contribution >= 0.6 is 0 Å². The van der Waals surface area contributed by atoms with Crippen LogP contribution in [0.25, 0.3) is 0 Å². The molecule has 2 aromatic rings. The molecule has 1 heterocycles. The average Bonchev–Trinajstić information content (AvgIpc) is 3.19. The highest BCUT2D eigenvalue weighted by Gasteiger charge is 2.29. The zero-order chi connectivity index (χ0) is 20.3. The molecule has 1 N–H and O–H groups in total. The zero-order valence-electron chi connectivity index (χ0n) is 14.5. The maximum Gasteiger partial charge on any atom is 0.295 e. The Bertz CT molecular complexity index is 1040. The van der Waals surface area contributed by atoms with Gasteiger partial charge in [0, 0.05) is 30.8 Å². The molecule has 1 saturated heterocycles. The quantitative estimate of drug-likeness (QED) is 0.448. The van der Waals surface area contributed by atoms with Crippen LogP contribution < -0.4 is 5.43 Å². The molecule has 0 amide bonds. The van der Waals surface area contributed by atoms with Crippen molar-refractivity contribution in [2.24, 2.45) is 5.10 Å². The van der Waals surface area contributed by atoms with Gasteiger partial charge in [0.2, 0.25) is 10.0 Å². The maximum absolute atomic E-state index is 13.6. The smallest absolute Gasteiger partial charge is 0.272 e. The molecule has 1 aliphatic heterocycles. The summed E-state index contributed by atoms with van der Waals surface area (Å²) in [6.07, 6.45) is 2.53. The maximum atomic E-state index is 13.6. The summed E-state index contributed by atoms with van der Waals surface area (Å²) < 4.78 is 52.9. The second-order valence-electron chi connectivity index (χ2n) is 6.08. The average molecular weight is 410 g/mol. The van der Waals surface area contributed by atoms with Crippen molar-refractivity contribution in [3.8, 4) is 0 Å². The fourth-order valence-electron chi connectivity index (χ4n) is 2.77. The number of rotatable bonds is 6. The van der Waals surface area contributed by atoms with Crippen LogP contribution in [0.4, 0.5) is 20.2 Å². The number of hydrogen-bond donors (Lipinski definition) is 1. The van der Waals surface area contributed by atoms with E-state index in [1.54, 1.807) is 0 Å². The minimum absolute atomic E-state index is 0.0233. The highest BCUT2D eigenvalue weighted by Crippen LogP contribution is 2.30. The van der Waals surface area contributed by atoms with Crippen molar-refractivity contribution in [2.75, 3.05) is 18.5 Å². The van der Waals surface area contributed by atoms with Gasteiger partial charge in [-0.05, 0) is 37.1 Å². The number of sulfonamides is 1.